The number of hydrogen-bond acceptors (Lipinski definition) is 6. The first-order chi connectivity index (χ1) is 12.8. The highest BCUT2D eigenvalue weighted by molar-refractivity contribution is 8.00. The first-order valence-electron chi connectivity index (χ1n) is 7.91. The number of aliphatic carboxylic acids is 1. The highest BCUT2D eigenvalue weighted by Gasteiger charge is 2.57. The second-order valence-corrected chi connectivity index (χ2v) is 9.29. The van der Waals surface area contributed by atoms with Gasteiger partial charge in [0.05, 0.1) is 17.4 Å². The van der Waals surface area contributed by atoms with Crippen LogP contribution >= 0.6 is 46.7 Å². The summed E-state index contributed by atoms with van der Waals surface area (Å²) in [4.78, 5) is 38.0. The lowest BCUT2D eigenvalue weighted by atomic mass is 9.88. The highest BCUT2D eigenvalue weighted by atomic mass is 35.5. The molecule has 3 atom stereocenters. The van der Waals surface area contributed by atoms with Gasteiger partial charge in [-0.25, -0.2) is 0 Å². The van der Waals surface area contributed by atoms with Gasteiger partial charge in [0.2, 0.25) is 11.8 Å². The van der Waals surface area contributed by atoms with Crippen molar-refractivity contribution in [2.75, 3.05) is 24.7 Å². The smallest absolute Gasteiger partial charge is 0.314 e. The van der Waals surface area contributed by atoms with Gasteiger partial charge in [-0.05, 0) is 18.2 Å². The molecule has 1 aromatic carbocycles. The van der Waals surface area contributed by atoms with E-state index in [1.165, 1.54) is 28.4 Å². The third kappa shape index (κ3) is 4.02. The van der Waals surface area contributed by atoms with Crippen LogP contribution in [0.2, 0.25) is 10.0 Å². The number of β-lactam (4-membered cyclic amide) rings is 1. The molecule has 3 N–H and O–H groups in total. The van der Waals surface area contributed by atoms with Crippen LogP contribution in [0.25, 0.3) is 0 Å². The summed E-state index contributed by atoms with van der Waals surface area (Å²) in [5.74, 6) is -1.56. The molecule has 0 spiro atoms. The minimum absolute atomic E-state index is 0.0609. The van der Waals surface area contributed by atoms with Crippen LogP contribution in [-0.4, -0.2) is 69.0 Å². The Kier molecular flexibility index (Phi) is 6.17. The number of benzene rings is 1. The number of thioether (sulfide) groups is 2. The van der Waals surface area contributed by atoms with Gasteiger partial charge in [0.25, 0.3) is 0 Å². The number of carbonyl (C=O) groups is 3. The van der Waals surface area contributed by atoms with Crippen molar-refractivity contribution in [1.29, 1.82) is 0 Å². The van der Waals surface area contributed by atoms with Gasteiger partial charge >= 0.3 is 5.97 Å². The van der Waals surface area contributed by atoms with Gasteiger partial charge in [-0.2, -0.15) is 0 Å². The molecule has 2 fully saturated rings. The van der Waals surface area contributed by atoms with Crippen molar-refractivity contribution in [2.24, 2.45) is 5.41 Å². The molecule has 0 bridgehead atoms. The molecule has 3 rings (SSSR count). The number of aliphatic hydroxyl groups excluding tert-OH is 1. The largest absolute Gasteiger partial charge is 0.481 e. The van der Waals surface area contributed by atoms with Crippen molar-refractivity contribution in [1.82, 2.24) is 10.2 Å². The molecule has 2 amide bonds. The first kappa shape index (κ1) is 20.6. The number of nitrogens with zero attached hydrogens (tertiary/aromatic N) is 1. The van der Waals surface area contributed by atoms with E-state index >= 15 is 0 Å². The molecule has 0 aromatic heterocycles. The molecule has 2 unspecified atom stereocenters. The van der Waals surface area contributed by atoms with Crippen LogP contribution < -0.4 is 5.32 Å². The number of fused-ring (bicyclic) bond motifs is 1. The zero-order valence-corrected chi connectivity index (χ0v) is 17.0. The lowest BCUT2D eigenvalue weighted by Gasteiger charge is -2.53. The van der Waals surface area contributed by atoms with E-state index in [1.54, 1.807) is 18.2 Å². The molecule has 0 saturated carbocycles. The molecular formula is C16H16Cl2N2O5S2. The van der Waals surface area contributed by atoms with Gasteiger partial charge in [0.1, 0.15) is 16.8 Å². The second-order valence-electron chi connectivity index (χ2n) is 6.32. The van der Waals surface area contributed by atoms with Gasteiger partial charge in [-0.3, -0.25) is 14.4 Å². The van der Waals surface area contributed by atoms with Gasteiger partial charge in [-0.15, -0.1) is 23.5 Å². The summed E-state index contributed by atoms with van der Waals surface area (Å²) in [7, 11) is 0. The topological polar surface area (TPSA) is 107 Å². The maximum absolute atomic E-state index is 12.3. The van der Waals surface area contributed by atoms with E-state index in [2.05, 4.69) is 5.32 Å². The van der Waals surface area contributed by atoms with Crippen LogP contribution in [0.3, 0.4) is 0 Å². The Bertz CT molecular complexity index is 796. The number of halogens is 2. The van der Waals surface area contributed by atoms with E-state index in [4.69, 9.17) is 23.2 Å². The van der Waals surface area contributed by atoms with Crippen molar-refractivity contribution < 1.29 is 24.6 Å². The van der Waals surface area contributed by atoms with E-state index < -0.39 is 24.0 Å². The Balaban J connectivity index is 1.55. The maximum atomic E-state index is 12.3. The lowest BCUT2D eigenvalue weighted by Crippen LogP contribution is -2.74. The fourth-order valence-electron chi connectivity index (χ4n) is 2.87. The zero-order valence-electron chi connectivity index (χ0n) is 13.9. The summed E-state index contributed by atoms with van der Waals surface area (Å²) < 4.78 is 0. The fourth-order valence-corrected chi connectivity index (χ4v) is 5.70. The second kappa shape index (κ2) is 8.08. The van der Waals surface area contributed by atoms with Crippen molar-refractivity contribution in [3.63, 3.8) is 0 Å². The van der Waals surface area contributed by atoms with Gasteiger partial charge < -0.3 is 20.4 Å². The first-order valence-corrected chi connectivity index (χ1v) is 10.7. The Hall–Kier alpha value is -1.13. The summed E-state index contributed by atoms with van der Waals surface area (Å²) in [6, 6.07) is 4.27. The average molecular weight is 451 g/mol. The molecule has 2 aliphatic heterocycles. The fraction of sp³-hybridized carbons (Fsp3) is 0.438. The predicted molar refractivity (Wildman–Crippen MR) is 104 cm³/mol. The van der Waals surface area contributed by atoms with Crippen LogP contribution in [0.15, 0.2) is 23.1 Å². The minimum atomic E-state index is -1.36. The number of nitrogens with one attached hydrogen (secondary N) is 1. The summed E-state index contributed by atoms with van der Waals surface area (Å²) in [5, 5.41) is 22.1. The summed E-state index contributed by atoms with van der Waals surface area (Å²) in [6.07, 6.45) is 0. The molecule has 0 aliphatic carbocycles. The number of hydrogen-bond donors (Lipinski definition) is 3. The number of carboxylic acid groups (broad SMARTS) is 1. The van der Waals surface area contributed by atoms with E-state index in [9.17, 15) is 24.6 Å². The van der Waals surface area contributed by atoms with Gasteiger partial charge in [0, 0.05) is 22.2 Å². The summed E-state index contributed by atoms with van der Waals surface area (Å²) in [6.45, 7) is -0.603. The number of amides is 2. The van der Waals surface area contributed by atoms with Crippen molar-refractivity contribution in [2.45, 2.75) is 16.3 Å². The van der Waals surface area contributed by atoms with Crippen molar-refractivity contribution in [3.8, 4) is 0 Å². The summed E-state index contributed by atoms with van der Waals surface area (Å²) >= 11 is 14.4. The van der Waals surface area contributed by atoms with Crippen LogP contribution in [-0.2, 0) is 14.4 Å². The van der Waals surface area contributed by atoms with Crippen LogP contribution in [0.5, 0.6) is 0 Å². The number of rotatable bonds is 6. The SMILES string of the molecule is O=C(CSc1cc(Cl)ccc1Cl)NC1C(=O)N2CC(CO)(C(=O)O)CS[C@H]12. The summed E-state index contributed by atoms with van der Waals surface area (Å²) in [5.41, 5.74) is -1.36. The van der Waals surface area contributed by atoms with Crippen molar-refractivity contribution in [3.05, 3.63) is 28.2 Å². The molecule has 146 valence electrons. The monoisotopic (exact) mass is 450 g/mol. The number of carbonyl (C=O) groups excluding carboxylic acids is 2. The molecule has 7 nitrogen and oxygen atoms in total. The van der Waals surface area contributed by atoms with Gasteiger partial charge in [-0.1, -0.05) is 23.2 Å². The molecule has 1 aromatic rings. The molecule has 27 heavy (non-hydrogen) atoms. The minimum Gasteiger partial charge on any atom is -0.481 e. The molecule has 2 saturated heterocycles. The Morgan fingerprint density at radius 1 is 1.41 bits per heavy atom. The molecular weight excluding hydrogens is 435 g/mol. The number of carboxylic acids is 1. The zero-order chi connectivity index (χ0) is 19.8. The standard InChI is InChI=1S/C16H16Cl2N2O5S2/c17-8-1-2-9(18)10(3-8)26-4-11(22)19-12-13(23)20-5-16(6-21,15(24)25)7-27-14(12)20/h1-3,12,14,21H,4-7H2,(H,19,22)(H,24,25)/t12?,14-,16?/m1/s1. The Labute approximate surface area is 173 Å². The Morgan fingerprint density at radius 2 is 2.15 bits per heavy atom. The van der Waals surface area contributed by atoms with Crippen molar-refractivity contribution >= 4 is 64.5 Å². The van der Waals surface area contributed by atoms with E-state index in [1.807, 2.05) is 0 Å². The molecule has 0 radical (unpaired) electrons. The van der Waals surface area contributed by atoms with E-state index in [0.717, 1.165) is 0 Å². The number of aliphatic hydroxyl groups is 1. The third-order valence-corrected chi connectivity index (χ3v) is 7.79. The molecule has 11 heteroatoms. The van der Waals surface area contributed by atoms with Crippen LogP contribution in [0.1, 0.15) is 0 Å². The lowest BCUT2D eigenvalue weighted by molar-refractivity contribution is -0.160. The molecule has 2 heterocycles. The predicted octanol–water partition coefficient (Wildman–Crippen LogP) is 1.55. The van der Waals surface area contributed by atoms with E-state index in [0.29, 0.717) is 14.9 Å². The van der Waals surface area contributed by atoms with Gasteiger partial charge in [0.15, 0.2) is 0 Å². The Morgan fingerprint density at radius 3 is 2.81 bits per heavy atom. The quantitative estimate of drug-likeness (QED) is 0.445. The average Bonchev–Trinajstić information content (AvgIpc) is 2.65. The van der Waals surface area contributed by atoms with E-state index in [-0.39, 0.29) is 35.2 Å². The maximum Gasteiger partial charge on any atom is 0.314 e. The third-order valence-electron chi connectivity index (χ3n) is 4.47. The molecule has 2 aliphatic rings. The highest BCUT2D eigenvalue weighted by Crippen LogP contribution is 2.42. The normalized spacial score (nSPS) is 26.9. The van der Waals surface area contributed by atoms with Crippen LogP contribution in [0, 0.1) is 5.41 Å². The van der Waals surface area contributed by atoms with Crippen LogP contribution in [0.4, 0.5) is 0 Å².